The molecule has 0 bridgehead atoms. The standard InChI is InChI=1S/C13H19FN2/c1-3-13(4-2)8-16(9-13)12-6-5-10(14)7-11(12)15/h5-7H,3-4,8-9,15H2,1-2H3. The molecule has 0 saturated carbocycles. The number of nitrogens with two attached hydrogens (primary N) is 1. The average molecular weight is 222 g/mol. The zero-order valence-corrected chi connectivity index (χ0v) is 9.96. The smallest absolute Gasteiger partial charge is 0.125 e. The Morgan fingerprint density at radius 3 is 2.44 bits per heavy atom. The van der Waals surface area contributed by atoms with E-state index in [9.17, 15) is 4.39 Å². The van der Waals surface area contributed by atoms with E-state index in [1.807, 2.05) is 0 Å². The molecule has 88 valence electrons. The second-order valence-corrected chi connectivity index (χ2v) is 4.77. The lowest BCUT2D eigenvalue weighted by atomic mass is 9.75. The third kappa shape index (κ3) is 1.75. The summed E-state index contributed by atoms with van der Waals surface area (Å²) < 4.78 is 12.9. The lowest BCUT2D eigenvalue weighted by Crippen LogP contribution is -2.56. The van der Waals surface area contributed by atoms with Crippen LogP contribution in [0.3, 0.4) is 0 Å². The van der Waals surface area contributed by atoms with Crippen molar-refractivity contribution in [3.63, 3.8) is 0 Å². The van der Waals surface area contributed by atoms with Gasteiger partial charge in [0, 0.05) is 18.5 Å². The fraction of sp³-hybridized carbons (Fsp3) is 0.538. The highest BCUT2D eigenvalue weighted by Crippen LogP contribution is 2.41. The Hall–Kier alpha value is -1.25. The van der Waals surface area contributed by atoms with Gasteiger partial charge in [0.1, 0.15) is 5.82 Å². The van der Waals surface area contributed by atoms with Crippen LogP contribution in [0.5, 0.6) is 0 Å². The third-order valence-electron chi connectivity index (χ3n) is 3.88. The molecule has 1 fully saturated rings. The van der Waals surface area contributed by atoms with Crippen LogP contribution in [0, 0.1) is 11.2 Å². The minimum Gasteiger partial charge on any atom is -0.397 e. The Morgan fingerprint density at radius 2 is 1.94 bits per heavy atom. The van der Waals surface area contributed by atoms with Crippen molar-refractivity contribution in [3.8, 4) is 0 Å². The van der Waals surface area contributed by atoms with Crippen molar-refractivity contribution in [1.82, 2.24) is 0 Å². The fourth-order valence-corrected chi connectivity index (χ4v) is 2.44. The second-order valence-electron chi connectivity index (χ2n) is 4.77. The van der Waals surface area contributed by atoms with Crippen LogP contribution >= 0.6 is 0 Å². The molecule has 16 heavy (non-hydrogen) atoms. The maximum atomic E-state index is 12.9. The summed E-state index contributed by atoms with van der Waals surface area (Å²) in [6.45, 7) is 6.54. The molecule has 0 atom stereocenters. The highest BCUT2D eigenvalue weighted by molar-refractivity contribution is 5.68. The number of nitrogen functional groups attached to an aromatic ring is 1. The van der Waals surface area contributed by atoms with Gasteiger partial charge in [0.25, 0.3) is 0 Å². The summed E-state index contributed by atoms with van der Waals surface area (Å²) in [7, 11) is 0. The lowest BCUT2D eigenvalue weighted by molar-refractivity contribution is 0.195. The van der Waals surface area contributed by atoms with Gasteiger partial charge in [0.05, 0.1) is 11.4 Å². The average Bonchev–Trinajstić information content (AvgIpc) is 2.20. The minimum absolute atomic E-state index is 0.265. The number of hydrogen-bond acceptors (Lipinski definition) is 2. The normalized spacial score (nSPS) is 18.3. The van der Waals surface area contributed by atoms with Gasteiger partial charge in [0.15, 0.2) is 0 Å². The Bertz CT molecular complexity index is 378. The maximum Gasteiger partial charge on any atom is 0.125 e. The van der Waals surface area contributed by atoms with Crippen molar-refractivity contribution in [1.29, 1.82) is 0 Å². The van der Waals surface area contributed by atoms with Crippen molar-refractivity contribution in [2.75, 3.05) is 23.7 Å². The molecule has 0 aliphatic carbocycles. The first-order valence-electron chi connectivity index (χ1n) is 5.90. The van der Waals surface area contributed by atoms with Crippen LogP contribution in [0.1, 0.15) is 26.7 Å². The van der Waals surface area contributed by atoms with Crippen molar-refractivity contribution in [2.45, 2.75) is 26.7 Å². The first kappa shape index (κ1) is 11.2. The number of halogens is 1. The Kier molecular flexibility index (Phi) is 2.78. The van der Waals surface area contributed by atoms with Gasteiger partial charge in [-0.2, -0.15) is 0 Å². The molecular formula is C13H19FN2. The summed E-state index contributed by atoms with van der Waals surface area (Å²) >= 11 is 0. The highest BCUT2D eigenvalue weighted by atomic mass is 19.1. The summed E-state index contributed by atoms with van der Waals surface area (Å²) in [6.07, 6.45) is 2.39. The number of nitrogens with zero attached hydrogens (tertiary/aromatic N) is 1. The Labute approximate surface area is 96.2 Å². The molecule has 1 aliphatic rings. The molecule has 1 aromatic rings. The second kappa shape index (κ2) is 3.96. The van der Waals surface area contributed by atoms with Gasteiger partial charge in [-0.1, -0.05) is 13.8 Å². The van der Waals surface area contributed by atoms with E-state index in [1.54, 1.807) is 6.07 Å². The molecule has 2 nitrogen and oxygen atoms in total. The van der Waals surface area contributed by atoms with E-state index in [-0.39, 0.29) is 5.82 Å². The predicted molar refractivity (Wildman–Crippen MR) is 66.0 cm³/mol. The molecule has 0 unspecified atom stereocenters. The van der Waals surface area contributed by atoms with Gasteiger partial charge >= 0.3 is 0 Å². The van der Waals surface area contributed by atoms with Crippen LogP contribution in [0.15, 0.2) is 18.2 Å². The molecule has 0 aromatic heterocycles. The largest absolute Gasteiger partial charge is 0.397 e. The SMILES string of the molecule is CCC1(CC)CN(c2ccc(F)cc2N)C1. The molecule has 1 heterocycles. The number of rotatable bonds is 3. The number of anilines is 2. The van der Waals surface area contributed by atoms with Gasteiger partial charge in [-0.05, 0) is 31.0 Å². The van der Waals surface area contributed by atoms with E-state index in [4.69, 9.17) is 5.73 Å². The van der Waals surface area contributed by atoms with E-state index in [0.29, 0.717) is 11.1 Å². The number of hydrogen-bond donors (Lipinski definition) is 1. The Morgan fingerprint density at radius 1 is 1.31 bits per heavy atom. The molecule has 1 aromatic carbocycles. The van der Waals surface area contributed by atoms with Crippen LogP contribution in [0.25, 0.3) is 0 Å². The van der Waals surface area contributed by atoms with Crippen molar-refractivity contribution >= 4 is 11.4 Å². The van der Waals surface area contributed by atoms with Gasteiger partial charge in [0.2, 0.25) is 0 Å². The molecule has 2 rings (SSSR count). The summed E-state index contributed by atoms with van der Waals surface area (Å²) in [5.41, 5.74) is 7.78. The minimum atomic E-state index is -0.265. The molecule has 0 radical (unpaired) electrons. The Balaban J connectivity index is 2.12. The molecule has 0 amide bonds. The first-order chi connectivity index (χ1) is 7.60. The summed E-state index contributed by atoms with van der Waals surface area (Å²) in [4.78, 5) is 2.24. The van der Waals surface area contributed by atoms with Crippen LogP contribution < -0.4 is 10.6 Å². The zero-order valence-electron chi connectivity index (χ0n) is 9.96. The molecule has 2 N–H and O–H groups in total. The lowest BCUT2D eigenvalue weighted by Gasteiger charge is -2.51. The van der Waals surface area contributed by atoms with E-state index < -0.39 is 0 Å². The maximum absolute atomic E-state index is 12.9. The van der Waals surface area contributed by atoms with Gasteiger partial charge in [-0.3, -0.25) is 0 Å². The van der Waals surface area contributed by atoms with E-state index in [2.05, 4.69) is 18.7 Å². The van der Waals surface area contributed by atoms with Crippen molar-refractivity contribution in [3.05, 3.63) is 24.0 Å². The van der Waals surface area contributed by atoms with E-state index in [0.717, 1.165) is 18.8 Å². The molecule has 1 saturated heterocycles. The quantitative estimate of drug-likeness (QED) is 0.796. The topological polar surface area (TPSA) is 29.3 Å². The summed E-state index contributed by atoms with van der Waals surface area (Å²) in [5, 5.41) is 0. The van der Waals surface area contributed by atoms with Crippen molar-refractivity contribution < 1.29 is 4.39 Å². The van der Waals surface area contributed by atoms with Crippen LogP contribution in [-0.4, -0.2) is 13.1 Å². The van der Waals surface area contributed by atoms with Crippen LogP contribution in [-0.2, 0) is 0 Å². The third-order valence-corrected chi connectivity index (χ3v) is 3.88. The van der Waals surface area contributed by atoms with Gasteiger partial charge in [-0.15, -0.1) is 0 Å². The zero-order chi connectivity index (χ0) is 11.8. The summed E-state index contributed by atoms with van der Waals surface area (Å²) in [5.74, 6) is -0.265. The van der Waals surface area contributed by atoms with E-state index >= 15 is 0 Å². The van der Waals surface area contributed by atoms with Crippen LogP contribution in [0.2, 0.25) is 0 Å². The van der Waals surface area contributed by atoms with Gasteiger partial charge in [-0.25, -0.2) is 4.39 Å². The van der Waals surface area contributed by atoms with Crippen molar-refractivity contribution in [2.24, 2.45) is 5.41 Å². The number of benzene rings is 1. The predicted octanol–water partition coefficient (Wildman–Crippen LogP) is 3.03. The summed E-state index contributed by atoms with van der Waals surface area (Å²) in [6, 6.07) is 4.65. The highest BCUT2D eigenvalue weighted by Gasteiger charge is 2.40. The fourth-order valence-electron chi connectivity index (χ4n) is 2.44. The molecule has 3 heteroatoms. The van der Waals surface area contributed by atoms with Gasteiger partial charge < -0.3 is 10.6 Å². The van der Waals surface area contributed by atoms with E-state index in [1.165, 1.54) is 25.0 Å². The monoisotopic (exact) mass is 222 g/mol. The molecule has 1 aliphatic heterocycles. The molecular weight excluding hydrogens is 203 g/mol. The van der Waals surface area contributed by atoms with Crippen LogP contribution in [0.4, 0.5) is 15.8 Å². The first-order valence-corrected chi connectivity index (χ1v) is 5.90. The molecule has 0 spiro atoms.